The topological polar surface area (TPSA) is 66.6 Å². The molecule has 1 aromatic carbocycles. The van der Waals surface area contributed by atoms with Gasteiger partial charge in [0.2, 0.25) is 5.91 Å². The van der Waals surface area contributed by atoms with E-state index in [-0.39, 0.29) is 5.91 Å². The molecule has 0 saturated carbocycles. The second-order valence-corrected chi connectivity index (χ2v) is 5.64. The number of rotatable bonds is 4. The third kappa shape index (κ3) is 3.78. The molecule has 0 aromatic heterocycles. The lowest BCUT2D eigenvalue weighted by atomic mass is 10.0. The predicted molar refractivity (Wildman–Crippen MR) is 74.6 cm³/mol. The van der Waals surface area contributed by atoms with Crippen molar-refractivity contribution in [3.05, 3.63) is 35.9 Å². The second-order valence-electron chi connectivity index (χ2n) is 5.64. The van der Waals surface area contributed by atoms with Crippen molar-refractivity contribution in [3.63, 3.8) is 0 Å². The Morgan fingerprint density at radius 1 is 1.47 bits per heavy atom. The minimum Gasteiger partial charge on any atom is -0.388 e. The monoisotopic (exact) mass is 262 g/mol. The fourth-order valence-electron chi connectivity index (χ4n) is 2.46. The van der Waals surface area contributed by atoms with Gasteiger partial charge < -0.3 is 15.7 Å². The molecular weight excluding hydrogens is 240 g/mol. The van der Waals surface area contributed by atoms with E-state index in [4.69, 9.17) is 5.73 Å². The Bertz CT molecular complexity index is 431. The summed E-state index contributed by atoms with van der Waals surface area (Å²) in [6.07, 6.45) is 2.07. The molecule has 4 heteroatoms. The highest BCUT2D eigenvalue weighted by molar-refractivity contribution is 5.82. The lowest BCUT2D eigenvalue weighted by Gasteiger charge is -2.22. The molecule has 0 aliphatic carbocycles. The maximum Gasteiger partial charge on any atom is 0.239 e. The Hall–Kier alpha value is -1.39. The van der Waals surface area contributed by atoms with Crippen molar-refractivity contribution >= 4 is 5.91 Å². The largest absolute Gasteiger partial charge is 0.388 e. The van der Waals surface area contributed by atoms with Crippen LogP contribution >= 0.6 is 0 Å². The molecule has 1 aliphatic heterocycles. The summed E-state index contributed by atoms with van der Waals surface area (Å²) in [5.74, 6) is -0.0475. The first kappa shape index (κ1) is 14.0. The van der Waals surface area contributed by atoms with E-state index in [1.54, 1.807) is 11.8 Å². The number of aliphatic hydroxyl groups is 1. The molecule has 1 unspecified atom stereocenters. The van der Waals surface area contributed by atoms with Gasteiger partial charge in [-0.15, -0.1) is 0 Å². The standard InChI is InChI=1S/C15H22N2O2/c1-15(19)9-10-17(11-15)14(18)13(16)8-7-12-5-3-2-4-6-12/h2-6,13,19H,7-11,16H2,1H3/t13-,15?/m0/s1. The van der Waals surface area contributed by atoms with Gasteiger partial charge in [0.25, 0.3) is 0 Å². The number of β-amino-alcohol motifs (C(OH)–C–C–N with tert-alkyl or cyclic N) is 1. The zero-order chi connectivity index (χ0) is 13.9. The number of nitrogens with two attached hydrogens (primary N) is 1. The summed E-state index contributed by atoms with van der Waals surface area (Å²) in [5.41, 5.74) is 6.40. The van der Waals surface area contributed by atoms with Gasteiger partial charge in [-0.25, -0.2) is 0 Å². The van der Waals surface area contributed by atoms with Crippen LogP contribution in [-0.2, 0) is 11.2 Å². The number of hydrogen-bond acceptors (Lipinski definition) is 3. The number of nitrogens with zero attached hydrogens (tertiary/aromatic N) is 1. The minimum absolute atomic E-state index is 0.0475. The Balaban J connectivity index is 1.83. The Morgan fingerprint density at radius 2 is 2.16 bits per heavy atom. The molecule has 1 saturated heterocycles. The number of carbonyl (C=O) groups is 1. The molecule has 4 nitrogen and oxygen atoms in total. The molecule has 3 N–H and O–H groups in total. The van der Waals surface area contributed by atoms with Gasteiger partial charge in [-0.3, -0.25) is 4.79 Å². The van der Waals surface area contributed by atoms with E-state index in [0.717, 1.165) is 6.42 Å². The first-order valence-electron chi connectivity index (χ1n) is 6.79. The fraction of sp³-hybridized carbons (Fsp3) is 0.533. The highest BCUT2D eigenvalue weighted by atomic mass is 16.3. The zero-order valence-corrected chi connectivity index (χ0v) is 11.4. The SMILES string of the molecule is CC1(O)CCN(C(=O)[C@@H](N)CCc2ccccc2)C1. The average Bonchev–Trinajstić information content (AvgIpc) is 2.76. The van der Waals surface area contributed by atoms with E-state index >= 15 is 0 Å². The van der Waals surface area contributed by atoms with Crippen LogP contribution in [0.3, 0.4) is 0 Å². The summed E-state index contributed by atoms with van der Waals surface area (Å²) in [7, 11) is 0. The zero-order valence-electron chi connectivity index (χ0n) is 11.4. The fourth-order valence-corrected chi connectivity index (χ4v) is 2.46. The van der Waals surface area contributed by atoms with Crippen molar-refractivity contribution in [1.29, 1.82) is 0 Å². The van der Waals surface area contributed by atoms with Crippen molar-refractivity contribution in [1.82, 2.24) is 4.90 Å². The smallest absolute Gasteiger partial charge is 0.239 e. The molecular formula is C15H22N2O2. The van der Waals surface area contributed by atoms with Crippen molar-refractivity contribution in [2.45, 2.75) is 37.8 Å². The van der Waals surface area contributed by atoms with Crippen molar-refractivity contribution in [2.75, 3.05) is 13.1 Å². The van der Waals surface area contributed by atoms with Crippen LogP contribution in [0, 0.1) is 0 Å². The number of aryl methyl sites for hydroxylation is 1. The number of amides is 1. The molecule has 2 rings (SSSR count). The van der Waals surface area contributed by atoms with Crippen molar-refractivity contribution < 1.29 is 9.90 Å². The number of benzene rings is 1. The maximum atomic E-state index is 12.1. The molecule has 1 aromatic rings. The lowest BCUT2D eigenvalue weighted by molar-refractivity contribution is -0.132. The summed E-state index contributed by atoms with van der Waals surface area (Å²) in [6, 6.07) is 9.55. The van der Waals surface area contributed by atoms with E-state index in [2.05, 4.69) is 0 Å². The highest BCUT2D eigenvalue weighted by Crippen LogP contribution is 2.21. The van der Waals surface area contributed by atoms with E-state index in [1.165, 1.54) is 5.56 Å². The maximum absolute atomic E-state index is 12.1. The quantitative estimate of drug-likeness (QED) is 0.848. The van der Waals surface area contributed by atoms with Crippen LogP contribution in [-0.4, -0.2) is 40.6 Å². The Kier molecular flexibility index (Phi) is 4.22. The lowest BCUT2D eigenvalue weighted by Crippen LogP contribution is -2.44. The van der Waals surface area contributed by atoms with Gasteiger partial charge in [0, 0.05) is 13.1 Å². The van der Waals surface area contributed by atoms with E-state index in [0.29, 0.717) is 25.9 Å². The van der Waals surface area contributed by atoms with Crippen LogP contribution in [0.25, 0.3) is 0 Å². The normalized spacial score (nSPS) is 24.5. The third-order valence-electron chi connectivity index (χ3n) is 3.67. The molecule has 104 valence electrons. The highest BCUT2D eigenvalue weighted by Gasteiger charge is 2.35. The first-order valence-corrected chi connectivity index (χ1v) is 6.79. The summed E-state index contributed by atoms with van der Waals surface area (Å²) in [5, 5.41) is 9.87. The minimum atomic E-state index is -0.755. The third-order valence-corrected chi connectivity index (χ3v) is 3.67. The number of likely N-dealkylation sites (tertiary alicyclic amines) is 1. The molecule has 19 heavy (non-hydrogen) atoms. The van der Waals surface area contributed by atoms with E-state index in [1.807, 2.05) is 30.3 Å². The Labute approximate surface area is 114 Å². The molecule has 1 heterocycles. The van der Waals surface area contributed by atoms with Crippen LogP contribution < -0.4 is 5.73 Å². The number of hydrogen-bond donors (Lipinski definition) is 2. The van der Waals surface area contributed by atoms with E-state index in [9.17, 15) is 9.90 Å². The molecule has 1 fully saturated rings. The van der Waals surface area contributed by atoms with Crippen molar-refractivity contribution in [2.24, 2.45) is 5.73 Å². The van der Waals surface area contributed by atoms with Gasteiger partial charge in [0.05, 0.1) is 11.6 Å². The average molecular weight is 262 g/mol. The molecule has 2 atom stereocenters. The number of carbonyl (C=O) groups excluding carboxylic acids is 1. The summed E-state index contributed by atoms with van der Waals surface area (Å²) in [4.78, 5) is 13.8. The van der Waals surface area contributed by atoms with Crippen LogP contribution in [0.15, 0.2) is 30.3 Å². The van der Waals surface area contributed by atoms with Gasteiger partial charge >= 0.3 is 0 Å². The summed E-state index contributed by atoms with van der Waals surface area (Å²) >= 11 is 0. The van der Waals surface area contributed by atoms with Gasteiger partial charge in [-0.1, -0.05) is 30.3 Å². The molecule has 0 bridgehead atoms. The van der Waals surface area contributed by atoms with Crippen molar-refractivity contribution in [3.8, 4) is 0 Å². The van der Waals surface area contributed by atoms with Gasteiger partial charge in [-0.05, 0) is 31.7 Å². The van der Waals surface area contributed by atoms with Crippen LogP contribution in [0.1, 0.15) is 25.3 Å². The summed E-state index contributed by atoms with van der Waals surface area (Å²) in [6.45, 7) is 2.76. The summed E-state index contributed by atoms with van der Waals surface area (Å²) < 4.78 is 0. The van der Waals surface area contributed by atoms with Gasteiger partial charge in [-0.2, -0.15) is 0 Å². The van der Waals surface area contributed by atoms with Gasteiger partial charge in [0.15, 0.2) is 0 Å². The first-order chi connectivity index (χ1) is 8.98. The Morgan fingerprint density at radius 3 is 2.74 bits per heavy atom. The van der Waals surface area contributed by atoms with Crippen LogP contribution in [0.5, 0.6) is 0 Å². The second kappa shape index (κ2) is 5.72. The molecule has 0 radical (unpaired) electrons. The molecule has 0 spiro atoms. The molecule has 1 aliphatic rings. The molecule has 1 amide bonds. The van der Waals surface area contributed by atoms with Crippen LogP contribution in [0.2, 0.25) is 0 Å². The van der Waals surface area contributed by atoms with Crippen LogP contribution in [0.4, 0.5) is 0 Å². The predicted octanol–water partition coefficient (Wildman–Crippen LogP) is 0.930. The van der Waals surface area contributed by atoms with Gasteiger partial charge in [0.1, 0.15) is 0 Å². The van der Waals surface area contributed by atoms with E-state index < -0.39 is 11.6 Å².